The van der Waals surface area contributed by atoms with Gasteiger partial charge in [-0.15, -0.1) is 13.2 Å². The number of aromatic nitrogens is 4. The van der Waals surface area contributed by atoms with Crippen LogP contribution < -0.4 is 5.32 Å². The van der Waals surface area contributed by atoms with Crippen LogP contribution in [-0.2, 0) is 16.8 Å². The predicted octanol–water partition coefficient (Wildman–Crippen LogP) is 2.62. The number of nitrogens with zero attached hydrogens (tertiary/aromatic N) is 4. The van der Waals surface area contributed by atoms with Crippen LogP contribution in [0.3, 0.4) is 0 Å². The van der Waals surface area contributed by atoms with Crippen molar-refractivity contribution in [2.45, 2.75) is 39.2 Å². The number of anilines is 1. The van der Waals surface area contributed by atoms with Crippen LogP contribution >= 0.6 is 0 Å². The monoisotopic (exact) mass is 345 g/mol. The van der Waals surface area contributed by atoms with Gasteiger partial charge in [0.1, 0.15) is 5.82 Å². The fourth-order valence-corrected chi connectivity index (χ4v) is 1.98. The Hall–Kier alpha value is -2.36. The molecule has 7 nitrogen and oxygen atoms in total. The Kier molecular flexibility index (Phi) is 4.97. The summed E-state index contributed by atoms with van der Waals surface area (Å²) in [6.45, 7) is 5.12. The fourth-order valence-electron chi connectivity index (χ4n) is 1.98. The minimum atomic E-state index is -4.68. The number of carbonyl (C=O) groups is 1. The van der Waals surface area contributed by atoms with E-state index in [2.05, 4.69) is 20.3 Å². The molecule has 10 heteroatoms. The molecule has 2 heterocycles. The molecule has 0 bridgehead atoms. The molecule has 0 spiro atoms. The van der Waals surface area contributed by atoms with Crippen molar-refractivity contribution >= 4 is 11.7 Å². The smallest absolute Gasteiger partial charge is 0.307 e. The van der Waals surface area contributed by atoms with Gasteiger partial charge in [-0.2, -0.15) is 10.2 Å². The number of amides is 1. The van der Waals surface area contributed by atoms with Gasteiger partial charge in [0.25, 0.3) is 5.91 Å². The van der Waals surface area contributed by atoms with Crippen LogP contribution in [0.2, 0.25) is 0 Å². The van der Waals surface area contributed by atoms with Gasteiger partial charge in [0.15, 0.2) is 0 Å². The maximum Gasteiger partial charge on any atom is 0.522 e. The zero-order chi connectivity index (χ0) is 18.0. The average Bonchev–Trinajstić information content (AvgIpc) is 3.05. The molecule has 132 valence electrons. The number of nitrogens with one attached hydrogen (secondary N) is 1. The van der Waals surface area contributed by atoms with Gasteiger partial charge in [-0.1, -0.05) is 0 Å². The van der Waals surface area contributed by atoms with Crippen LogP contribution in [0.4, 0.5) is 19.0 Å². The third-order valence-corrected chi connectivity index (χ3v) is 3.00. The molecule has 0 radical (unpaired) electrons. The van der Waals surface area contributed by atoms with Crippen LogP contribution in [0.5, 0.6) is 0 Å². The van der Waals surface area contributed by atoms with Crippen molar-refractivity contribution in [3.05, 3.63) is 30.2 Å². The third kappa shape index (κ3) is 4.82. The lowest BCUT2D eigenvalue weighted by Gasteiger charge is -2.22. The van der Waals surface area contributed by atoms with E-state index in [0.29, 0.717) is 5.82 Å². The van der Waals surface area contributed by atoms with Gasteiger partial charge in [0.2, 0.25) is 0 Å². The first-order valence-electron chi connectivity index (χ1n) is 7.15. The van der Waals surface area contributed by atoms with Gasteiger partial charge < -0.3 is 5.32 Å². The zero-order valence-electron chi connectivity index (χ0n) is 13.5. The molecule has 24 heavy (non-hydrogen) atoms. The summed E-state index contributed by atoms with van der Waals surface area (Å²) in [5.41, 5.74) is -0.0886. The normalized spacial score (nSPS) is 12.4. The fraction of sp³-hybridized carbons (Fsp3) is 0.500. The summed E-state index contributed by atoms with van der Waals surface area (Å²) in [5, 5.41) is 10.7. The molecule has 0 saturated carbocycles. The highest BCUT2D eigenvalue weighted by atomic mass is 19.4. The van der Waals surface area contributed by atoms with Gasteiger partial charge in [-0.05, 0) is 20.8 Å². The van der Waals surface area contributed by atoms with Crippen molar-refractivity contribution < 1.29 is 22.7 Å². The van der Waals surface area contributed by atoms with Crippen LogP contribution in [-0.4, -0.2) is 38.4 Å². The Morgan fingerprint density at radius 3 is 2.62 bits per heavy atom. The average molecular weight is 345 g/mol. The quantitative estimate of drug-likeness (QED) is 0.904. The molecule has 0 fully saturated rings. The van der Waals surface area contributed by atoms with E-state index >= 15 is 0 Å². The molecular weight excluding hydrogens is 327 g/mol. The van der Waals surface area contributed by atoms with E-state index in [1.54, 1.807) is 16.9 Å². The molecule has 0 atom stereocenters. The van der Waals surface area contributed by atoms with E-state index in [0.717, 1.165) is 0 Å². The Morgan fingerprint density at radius 2 is 2.00 bits per heavy atom. The predicted molar refractivity (Wildman–Crippen MR) is 79.4 cm³/mol. The Balaban J connectivity index is 1.98. The van der Waals surface area contributed by atoms with E-state index in [1.807, 2.05) is 20.8 Å². The maximum atomic E-state index is 12.2. The van der Waals surface area contributed by atoms with Gasteiger partial charge in [0, 0.05) is 12.3 Å². The summed E-state index contributed by atoms with van der Waals surface area (Å²) in [6, 6.07) is 1.66. The summed E-state index contributed by atoms with van der Waals surface area (Å²) >= 11 is 0. The van der Waals surface area contributed by atoms with Crippen molar-refractivity contribution in [3.63, 3.8) is 0 Å². The topological polar surface area (TPSA) is 74.0 Å². The molecule has 0 aliphatic rings. The summed E-state index contributed by atoms with van der Waals surface area (Å²) < 4.78 is 42.3. The van der Waals surface area contributed by atoms with E-state index < -0.39 is 18.9 Å². The highest BCUT2D eigenvalue weighted by molar-refractivity contribution is 6.03. The Labute approximate surface area is 136 Å². The zero-order valence-corrected chi connectivity index (χ0v) is 13.5. The molecule has 2 aromatic rings. The molecule has 2 rings (SSSR count). The number of hydrogen-bond donors (Lipinski definition) is 1. The lowest BCUT2D eigenvalue weighted by atomic mass is 10.1. The second kappa shape index (κ2) is 6.63. The molecule has 1 N–H and O–H groups in total. The number of ether oxygens (including phenoxy) is 1. The van der Waals surface area contributed by atoms with Gasteiger partial charge in [0.05, 0.1) is 36.6 Å². The minimum absolute atomic E-state index is 0.118. The van der Waals surface area contributed by atoms with Gasteiger partial charge in [-0.25, -0.2) is 4.68 Å². The van der Waals surface area contributed by atoms with E-state index in [1.165, 1.54) is 17.1 Å². The largest absolute Gasteiger partial charge is 0.522 e. The molecular formula is C14H18F3N5O2. The van der Waals surface area contributed by atoms with Crippen LogP contribution in [0, 0.1) is 0 Å². The number of hydrogen-bond acceptors (Lipinski definition) is 4. The standard InChI is InChI=1S/C14H18F3N5O2/c1-13(2,3)22-11(4-5-18-22)20-12(23)10-8-19-21(9-10)6-7-24-14(15,16)17/h4-5,8-9H,6-7H2,1-3H3,(H,20,23). The summed E-state index contributed by atoms with van der Waals surface area (Å²) in [4.78, 5) is 12.2. The van der Waals surface area contributed by atoms with Crippen molar-refractivity contribution in [3.8, 4) is 0 Å². The summed E-state index contributed by atoms with van der Waals surface area (Å²) in [7, 11) is 0. The molecule has 2 aromatic heterocycles. The minimum Gasteiger partial charge on any atom is -0.307 e. The van der Waals surface area contributed by atoms with E-state index in [4.69, 9.17) is 0 Å². The number of carbonyl (C=O) groups excluding carboxylic acids is 1. The summed E-state index contributed by atoms with van der Waals surface area (Å²) in [5.74, 6) is 0.0876. The molecule has 1 amide bonds. The van der Waals surface area contributed by atoms with Gasteiger partial charge >= 0.3 is 6.36 Å². The maximum absolute atomic E-state index is 12.2. The number of alkyl halides is 3. The lowest BCUT2D eigenvalue weighted by Crippen LogP contribution is -2.26. The summed E-state index contributed by atoms with van der Waals surface area (Å²) in [6.07, 6.45) is -0.481. The molecule has 0 aromatic carbocycles. The molecule has 0 aliphatic heterocycles. The first-order valence-corrected chi connectivity index (χ1v) is 7.15. The number of rotatable bonds is 5. The van der Waals surface area contributed by atoms with Crippen LogP contribution in [0.15, 0.2) is 24.7 Å². The van der Waals surface area contributed by atoms with Crippen molar-refractivity contribution in [1.82, 2.24) is 19.6 Å². The van der Waals surface area contributed by atoms with Crippen LogP contribution in [0.25, 0.3) is 0 Å². The first kappa shape index (κ1) is 18.0. The second-order valence-electron chi connectivity index (χ2n) is 6.04. The molecule has 0 aliphatic carbocycles. The Morgan fingerprint density at radius 1 is 1.29 bits per heavy atom. The second-order valence-corrected chi connectivity index (χ2v) is 6.04. The molecule has 0 unspecified atom stereocenters. The third-order valence-electron chi connectivity index (χ3n) is 3.00. The van der Waals surface area contributed by atoms with Gasteiger partial charge in [-0.3, -0.25) is 14.2 Å². The molecule has 0 saturated heterocycles. The van der Waals surface area contributed by atoms with E-state index in [-0.39, 0.29) is 17.6 Å². The highest BCUT2D eigenvalue weighted by Crippen LogP contribution is 2.20. The highest BCUT2D eigenvalue weighted by Gasteiger charge is 2.28. The number of halogens is 3. The first-order chi connectivity index (χ1) is 11.1. The SMILES string of the molecule is CC(C)(C)n1nccc1NC(=O)c1cnn(CCOC(F)(F)F)c1. The Bertz CT molecular complexity index is 700. The van der Waals surface area contributed by atoms with E-state index in [9.17, 15) is 18.0 Å². The lowest BCUT2D eigenvalue weighted by molar-refractivity contribution is -0.325. The van der Waals surface area contributed by atoms with Crippen molar-refractivity contribution in [1.29, 1.82) is 0 Å². The van der Waals surface area contributed by atoms with Crippen LogP contribution in [0.1, 0.15) is 31.1 Å². The van der Waals surface area contributed by atoms with Crippen molar-refractivity contribution in [2.24, 2.45) is 0 Å². The van der Waals surface area contributed by atoms with Crippen molar-refractivity contribution in [2.75, 3.05) is 11.9 Å².